The van der Waals surface area contributed by atoms with E-state index in [9.17, 15) is 0 Å². The fourth-order valence-corrected chi connectivity index (χ4v) is 6.00. The van der Waals surface area contributed by atoms with Crippen LogP contribution in [0.15, 0.2) is 48.5 Å². The van der Waals surface area contributed by atoms with E-state index < -0.39 is 7.42 Å². The monoisotopic (exact) mass is 350 g/mol. The fourth-order valence-electron chi connectivity index (χ4n) is 2.84. The third-order valence-electron chi connectivity index (χ3n) is 4.44. The number of rotatable bonds is 6. The highest BCUT2D eigenvalue weighted by Crippen LogP contribution is 2.36. The van der Waals surface area contributed by atoms with E-state index in [2.05, 4.69) is 69.3 Å². The molecule has 0 saturated heterocycles. The van der Waals surface area contributed by atoms with Crippen LogP contribution >= 0.6 is 22.2 Å². The lowest BCUT2D eigenvalue weighted by molar-refractivity contribution is 0.478. The van der Waals surface area contributed by atoms with E-state index in [4.69, 9.17) is 22.2 Å². The van der Waals surface area contributed by atoms with Gasteiger partial charge in [0.05, 0.1) is 0 Å². The van der Waals surface area contributed by atoms with Gasteiger partial charge in [-0.25, -0.2) is 0 Å². The summed E-state index contributed by atoms with van der Waals surface area (Å²) in [7, 11) is -1.67. The van der Waals surface area contributed by atoms with Gasteiger partial charge in [0.2, 0.25) is 7.42 Å². The summed E-state index contributed by atoms with van der Waals surface area (Å²) < 4.78 is 0. The molecule has 1 unspecified atom stereocenters. The number of benzene rings is 2. The summed E-state index contributed by atoms with van der Waals surface area (Å²) in [4.78, 5) is 0. The second kappa shape index (κ2) is 7.67. The van der Waals surface area contributed by atoms with Gasteiger partial charge in [-0.05, 0) is 49.3 Å². The van der Waals surface area contributed by atoms with Gasteiger partial charge < -0.3 is 0 Å². The van der Waals surface area contributed by atoms with Crippen molar-refractivity contribution in [2.24, 2.45) is 0 Å². The summed E-state index contributed by atoms with van der Waals surface area (Å²) in [5, 5.41) is 0. The first-order valence-corrected chi connectivity index (χ1v) is 12.1. The van der Waals surface area contributed by atoms with Crippen LogP contribution in [0.25, 0.3) is 0 Å². The number of hydrogen-bond donors (Lipinski definition) is 0. The van der Waals surface area contributed by atoms with Crippen LogP contribution in [0.3, 0.4) is 0 Å². The van der Waals surface area contributed by atoms with E-state index in [1.54, 1.807) is 0 Å². The Hall–Kier alpha value is -0.763. The van der Waals surface area contributed by atoms with E-state index in [-0.39, 0.29) is 5.41 Å². The molecule has 0 heterocycles. The molecule has 0 radical (unpaired) electrons. The summed E-state index contributed by atoms with van der Waals surface area (Å²) in [5.74, 6) is 0. The Labute approximate surface area is 145 Å². The zero-order valence-corrected chi connectivity index (χ0v) is 16.2. The summed E-state index contributed by atoms with van der Waals surface area (Å²) in [6.45, 7) is 6.54. The van der Waals surface area contributed by atoms with Crippen LogP contribution in [-0.4, -0.2) is 7.42 Å². The molecule has 0 bridgehead atoms. The minimum absolute atomic E-state index is 0.0545. The third-order valence-corrected chi connectivity index (χ3v) is 6.57. The first-order chi connectivity index (χ1) is 10.4. The van der Waals surface area contributed by atoms with Crippen LogP contribution in [0.4, 0.5) is 0 Å². The largest absolute Gasteiger partial charge is 0.237 e. The molecule has 0 fully saturated rings. The number of halogens is 2. The molecule has 3 heteroatoms. The van der Waals surface area contributed by atoms with Gasteiger partial charge in [0.25, 0.3) is 0 Å². The summed E-state index contributed by atoms with van der Waals surface area (Å²) in [6.07, 6.45) is 2.13. The minimum atomic E-state index is -1.67. The predicted octanol–water partition coefficient (Wildman–Crippen LogP) is 5.89. The molecular weight excluding hydrogens is 327 g/mol. The van der Waals surface area contributed by atoms with Gasteiger partial charge in [0.1, 0.15) is 0 Å². The van der Waals surface area contributed by atoms with Crippen LogP contribution < -0.4 is 0 Å². The van der Waals surface area contributed by atoms with Crippen molar-refractivity contribution in [1.82, 2.24) is 0 Å². The van der Waals surface area contributed by atoms with Crippen molar-refractivity contribution in [3.05, 3.63) is 70.8 Å². The van der Waals surface area contributed by atoms with E-state index in [0.717, 1.165) is 18.9 Å². The Morgan fingerprint density at radius 1 is 0.864 bits per heavy atom. The molecule has 0 aromatic heterocycles. The van der Waals surface area contributed by atoms with E-state index in [0.29, 0.717) is 0 Å². The van der Waals surface area contributed by atoms with E-state index in [1.807, 2.05) is 0 Å². The van der Waals surface area contributed by atoms with E-state index >= 15 is 0 Å². The van der Waals surface area contributed by atoms with Crippen molar-refractivity contribution in [2.45, 2.75) is 45.1 Å². The highest BCUT2D eigenvalue weighted by molar-refractivity contribution is 7.33. The zero-order chi connectivity index (χ0) is 16.2. The lowest BCUT2D eigenvalue weighted by Crippen LogP contribution is -2.26. The second-order valence-electron chi connectivity index (χ2n) is 6.51. The molecule has 0 saturated carbocycles. The molecule has 2 aromatic carbocycles. The van der Waals surface area contributed by atoms with Gasteiger partial charge >= 0.3 is 0 Å². The Balaban J connectivity index is 2.17. The highest BCUT2D eigenvalue weighted by atomic mass is 35.7. The smallest absolute Gasteiger partial charge is 0.150 e. The summed E-state index contributed by atoms with van der Waals surface area (Å²) >= 11 is 12.5. The number of aryl methyl sites for hydroxylation is 3. The second-order valence-corrected chi connectivity index (χ2v) is 11.5. The van der Waals surface area contributed by atoms with Crippen LogP contribution in [0.1, 0.15) is 35.6 Å². The normalized spacial score (nSPS) is 14.1. The molecule has 0 aliphatic carbocycles. The Bertz CT molecular complexity index is 590. The lowest BCUT2D eigenvalue weighted by Gasteiger charge is -2.31. The van der Waals surface area contributed by atoms with Crippen LogP contribution in [-0.2, 0) is 11.8 Å². The van der Waals surface area contributed by atoms with Crippen LogP contribution in [0.5, 0.6) is 0 Å². The molecule has 0 nitrogen and oxygen atoms in total. The fraction of sp³-hybridized carbons (Fsp3) is 0.368. The first-order valence-electron chi connectivity index (χ1n) is 7.80. The molecule has 0 spiro atoms. The average molecular weight is 351 g/mol. The lowest BCUT2D eigenvalue weighted by atomic mass is 9.79. The van der Waals surface area contributed by atoms with Gasteiger partial charge in [-0.2, -0.15) is 22.2 Å². The minimum Gasteiger partial charge on any atom is -0.150 e. The van der Waals surface area contributed by atoms with Crippen LogP contribution in [0.2, 0.25) is 6.04 Å². The van der Waals surface area contributed by atoms with Crippen molar-refractivity contribution in [3.8, 4) is 0 Å². The Morgan fingerprint density at radius 3 is 1.86 bits per heavy atom. The Morgan fingerprint density at radius 2 is 1.36 bits per heavy atom. The molecule has 118 valence electrons. The SMILES string of the molecule is Cc1ccc(CCC(C)(C[SiH](Cl)Cl)c2ccc(C)cc2)cc1. The maximum Gasteiger partial charge on any atom is 0.237 e. The number of hydrogen-bond acceptors (Lipinski definition) is 0. The van der Waals surface area contributed by atoms with Crippen molar-refractivity contribution >= 4 is 29.6 Å². The van der Waals surface area contributed by atoms with Crippen molar-refractivity contribution in [3.63, 3.8) is 0 Å². The molecule has 0 aliphatic rings. The first kappa shape index (κ1) is 17.6. The summed E-state index contributed by atoms with van der Waals surface area (Å²) in [6, 6.07) is 18.5. The topological polar surface area (TPSA) is 0 Å². The van der Waals surface area contributed by atoms with Gasteiger partial charge in [0, 0.05) is 0 Å². The maximum absolute atomic E-state index is 6.25. The zero-order valence-electron chi connectivity index (χ0n) is 13.6. The average Bonchev–Trinajstić information content (AvgIpc) is 2.46. The van der Waals surface area contributed by atoms with Crippen LogP contribution in [0, 0.1) is 13.8 Å². The molecule has 1 atom stereocenters. The molecule has 0 amide bonds. The highest BCUT2D eigenvalue weighted by Gasteiger charge is 2.29. The van der Waals surface area contributed by atoms with Gasteiger partial charge in [-0.15, -0.1) is 0 Å². The van der Waals surface area contributed by atoms with Crippen molar-refractivity contribution in [2.75, 3.05) is 0 Å². The van der Waals surface area contributed by atoms with Gasteiger partial charge in [0.15, 0.2) is 0 Å². The van der Waals surface area contributed by atoms with Crippen molar-refractivity contribution in [1.29, 1.82) is 0 Å². The molecule has 2 rings (SSSR count). The van der Waals surface area contributed by atoms with E-state index in [1.165, 1.54) is 22.3 Å². The molecule has 2 aromatic rings. The molecule has 0 N–H and O–H groups in total. The standard InChI is InChI=1S/C19H24Cl2Si/c1-15-4-8-17(9-5-15)12-13-19(3,14-22(20)21)18-10-6-16(2)7-11-18/h4-11,22H,12-14H2,1-3H3. The van der Waals surface area contributed by atoms with Gasteiger partial charge in [-0.1, -0.05) is 66.6 Å². The Kier molecular flexibility index (Phi) is 6.14. The third kappa shape index (κ3) is 4.87. The molecular formula is C19H24Cl2Si. The van der Waals surface area contributed by atoms with Gasteiger partial charge in [-0.3, -0.25) is 0 Å². The quantitative estimate of drug-likeness (QED) is 0.449. The summed E-state index contributed by atoms with van der Waals surface area (Å²) in [5.41, 5.74) is 5.38. The predicted molar refractivity (Wildman–Crippen MR) is 102 cm³/mol. The maximum atomic E-state index is 6.25. The molecule has 22 heavy (non-hydrogen) atoms. The molecule has 0 aliphatic heterocycles. The van der Waals surface area contributed by atoms with Crippen molar-refractivity contribution < 1.29 is 0 Å².